The lowest BCUT2D eigenvalue weighted by atomic mass is 10.2. The summed E-state index contributed by atoms with van der Waals surface area (Å²) in [6, 6.07) is 7.78. The second-order valence-corrected chi connectivity index (χ2v) is 6.25. The van der Waals surface area contributed by atoms with Crippen LogP contribution < -0.4 is 4.74 Å². The van der Waals surface area contributed by atoms with Crippen LogP contribution in [0.25, 0.3) is 26.2 Å². The van der Waals surface area contributed by atoms with Crippen LogP contribution in [0.5, 0.6) is 5.75 Å². The normalized spacial score (nSPS) is 11.2. The number of fused-ring (bicyclic) bond motifs is 1. The average Bonchev–Trinajstić information content (AvgIpc) is 3.22. The van der Waals surface area contributed by atoms with Gasteiger partial charge in [0.25, 0.3) is 0 Å². The molecular weight excluding hydrogens is 320 g/mol. The van der Waals surface area contributed by atoms with Gasteiger partial charge in [0.2, 0.25) is 4.96 Å². The third-order valence-corrected chi connectivity index (χ3v) is 4.95. The Morgan fingerprint density at radius 3 is 2.59 bits per heavy atom. The first-order valence-corrected chi connectivity index (χ1v) is 8.01. The molecule has 3 heterocycles. The van der Waals surface area contributed by atoms with Crippen LogP contribution in [0.3, 0.4) is 0 Å². The summed E-state index contributed by atoms with van der Waals surface area (Å²) in [6.45, 7) is 1.90. The van der Waals surface area contributed by atoms with Gasteiger partial charge in [0.1, 0.15) is 15.6 Å². The summed E-state index contributed by atoms with van der Waals surface area (Å²) in [4.78, 5) is 1.63. The maximum atomic E-state index is 5.17. The van der Waals surface area contributed by atoms with Gasteiger partial charge in [-0.05, 0) is 42.7 Å². The molecule has 0 atom stereocenters. The number of hydrogen-bond acceptors (Lipinski definition) is 8. The van der Waals surface area contributed by atoms with Crippen molar-refractivity contribution in [2.45, 2.75) is 6.92 Å². The van der Waals surface area contributed by atoms with Crippen molar-refractivity contribution in [2.75, 3.05) is 7.11 Å². The Bertz CT molecular complexity index is 939. The van der Waals surface area contributed by atoms with Gasteiger partial charge >= 0.3 is 0 Å². The highest BCUT2D eigenvalue weighted by molar-refractivity contribution is 7.19. The molecule has 0 unspecified atom stereocenters. The van der Waals surface area contributed by atoms with Crippen LogP contribution in [0, 0.1) is 6.92 Å². The Labute approximate surface area is 133 Å². The first kappa shape index (κ1) is 13.3. The summed E-state index contributed by atoms with van der Waals surface area (Å²) >= 11 is 2.78. The molecule has 0 saturated carbocycles. The predicted octanol–water partition coefficient (Wildman–Crippen LogP) is 2.69. The summed E-state index contributed by atoms with van der Waals surface area (Å²) in [5.74, 6) is 1.50. The van der Waals surface area contributed by atoms with Crippen molar-refractivity contribution >= 4 is 27.8 Å². The molecule has 0 N–H and O–H groups in total. The molecule has 0 spiro atoms. The lowest BCUT2D eigenvalue weighted by molar-refractivity contribution is 0.415. The van der Waals surface area contributed by atoms with Gasteiger partial charge in [-0.3, -0.25) is 0 Å². The third-order valence-electron chi connectivity index (χ3n) is 3.18. The predicted molar refractivity (Wildman–Crippen MR) is 84.3 cm³/mol. The van der Waals surface area contributed by atoms with E-state index in [0.717, 1.165) is 31.9 Å². The van der Waals surface area contributed by atoms with Crippen molar-refractivity contribution in [1.29, 1.82) is 0 Å². The third kappa shape index (κ3) is 2.06. The lowest BCUT2D eigenvalue weighted by Gasteiger charge is -1.99. The molecular formula is C13H10N6OS2. The van der Waals surface area contributed by atoms with Gasteiger partial charge in [0, 0.05) is 5.56 Å². The highest BCUT2D eigenvalue weighted by atomic mass is 32.1. The Kier molecular flexibility index (Phi) is 3.09. The first-order valence-electron chi connectivity index (χ1n) is 6.42. The van der Waals surface area contributed by atoms with Crippen LogP contribution in [0.2, 0.25) is 0 Å². The fourth-order valence-corrected chi connectivity index (χ4v) is 3.52. The minimum atomic E-state index is 0.679. The van der Waals surface area contributed by atoms with E-state index in [1.165, 1.54) is 22.9 Å². The standard InChI is InChI=1S/C13H10N6OS2/c1-7-10(22-18-14-7)11-15-16-13-19(11)17-12(21-13)8-3-5-9(20-2)6-4-8/h3-6H,1-2H3. The van der Waals surface area contributed by atoms with E-state index in [1.54, 1.807) is 11.6 Å². The van der Waals surface area contributed by atoms with E-state index in [0.29, 0.717) is 5.82 Å². The highest BCUT2D eigenvalue weighted by Crippen LogP contribution is 2.30. The molecule has 0 aliphatic heterocycles. The largest absolute Gasteiger partial charge is 0.497 e. The van der Waals surface area contributed by atoms with Gasteiger partial charge in [-0.1, -0.05) is 15.8 Å². The molecule has 0 aliphatic carbocycles. The topological polar surface area (TPSA) is 78.1 Å². The van der Waals surface area contributed by atoms with E-state index in [2.05, 4.69) is 24.9 Å². The van der Waals surface area contributed by atoms with E-state index in [1.807, 2.05) is 31.2 Å². The Hall–Kier alpha value is -2.39. The van der Waals surface area contributed by atoms with Crippen molar-refractivity contribution in [1.82, 2.24) is 29.4 Å². The van der Waals surface area contributed by atoms with Gasteiger partial charge in [0.15, 0.2) is 5.82 Å². The second kappa shape index (κ2) is 5.11. The second-order valence-electron chi connectivity index (χ2n) is 4.54. The molecule has 4 rings (SSSR count). The number of rotatable bonds is 3. The van der Waals surface area contributed by atoms with Crippen LogP contribution in [0.15, 0.2) is 24.3 Å². The molecule has 22 heavy (non-hydrogen) atoms. The summed E-state index contributed by atoms with van der Waals surface area (Å²) in [7, 11) is 1.65. The summed E-state index contributed by atoms with van der Waals surface area (Å²) in [5.41, 5.74) is 1.85. The number of nitrogens with zero attached hydrogens (tertiary/aromatic N) is 6. The molecule has 0 radical (unpaired) electrons. The van der Waals surface area contributed by atoms with Crippen molar-refractivity contribution in [3.63, 3.8) is 0 Å². The molecule has 0 fully saturated rings. The van der Waals surface area contributed by atoms with Gasteiger partial charge < -0.3 is 4.74 Å². The van der Waals surface area contributed by atoms with Gasteiger partial charge in [-0.15, -0.1) is 15.3 Å². The zero-order valence-electron chi connectivity index (χ0n) is 11.7. The highest BCUT2D eigenvalue weighted by Gasteiger charge is 2.18. The van der Waals surface area contributed by atoms with Crippen molar-refractivity contribution in [2.24, 2.45) is 0 Å². The van der Waals surface area contributed by atoms with E-state index in [9.17, 15) is 0 Å². The summed E-state index contributed by atoms with van der Waals surface area (Å²) < 4.78 is 10.9. The lowest BCUT2D eigenvalue weighted by Crippen LogP contribution is -1.91. The minimum Gasteiger partial charge on any atom is -0.497 e. The van der Waals surface area contributed by atoms with E-state index >= 15 is 0 Å². The van der Waals surface area contributed by atoms with E-state index in [4.69, 9.17) is 4.74 Å². The van der Waals surface area contributed by atoms with Crippen molar-refractivity contribution in [3.8, 4) is 27.0 Å². The number of hydrogen-bond donors (Lipinski definition) is 0. The van der Waals surface area contributed by atoms with Crippen LogP contribution >= 0.6 is 22.9 Å². The van der Waals surface area contributed by atoms with Crippen LogP contribution in [0.4, 0.5) is 0 Å². The Morgan fingerprint density at radius 2 is 1.91 bits per heavy atom. The summed E-state index contributed by atoms with van der Waals surface area (Å²) in [6.07, 6.45) is 0. The quantitative estimate of drug-likeness (QED) is 0.575. The number of ether oxygens (including phenoxy) is 1. The number of methoxy groups -OCH3 is 1. The van der Waals surface area contributed by atoms with Gasteiger partial charge in [0.05, 0.1) is 12.8 Å². The zero-order chi connectivity index (χ0) is 15.1. The maximum Gasteiger partial charge on any atom is 0.235 e. The molecule has 0 bridgehead atoms. The molecule has 9 heteroatoms. The minimum absolute atomic E-state index is 0.679. The molecule has 0 amide bonds. The van der Waals surface area contributed by atoms with Crippen molar-refractivity contribution < 1.29 is 4.74 Å². The van der Waals surface area contributed by atoms with Crippen LogP contribution in [-0.4, -0.2) is 36.5 Å². The molecule has 4 aromatic rings. The smallest absolute Gasteiger partial charge is 0.235 e. The molecule has 7 nitrogen and oxygen atoms in total. The fourth-order valence-electron chi connectivity index (χ4n) is 2.05. The molecule has 0 saturated heterocycles. The van der Waals surface area contributed by atoms with Crippen LogP contribution in [0.1, 0.15) is 5.69 Å². The molecule has 3 aromatic heterocycles. The van der Waals surface area contributed by atoms with Gasteiger partial charge in [-0.2, -0.15) is 9.61 Å². The van der Waals surface area contributed by atoms with Crippen LogP contribution in [-0.2, 0) is 0 Å². The SMILES string of the molecule is COc1ccc(-c2nn3c(-c4snnc4C)nnc3s2)cc1. The average molecular weight is 330 g/mol. The number of aromatic nitrogens is 6. The maximum absolute atomic E-state index is 5.17. The number of aryl methyl sites for hydroxylation is 1. The Morgan fingerprint density at radius 1 is 1.09 bits per heavy atom. The zero-order valence-corrected chi connectivity index (χ0v) is 13.4. The molecule has 0 aliphatic rings. The molecule has 1 aromatic carbocycles. The van der Waals surface area contributed by atoms with Gasteiger partial charge in [-0.25, -0.2) is 0 Å². The number of benzene rings is 1. The van der Waals surface area contributed by atoms with E-state index < -0.39 is 0 Å². The Balaban J connectivity index is 1.81. The molecule has 110 valence electrons. The summed E-state index contributed by atoms with van der Waals surface area (Å²) in [5, 5.41) is 17.9. The van der Waals surface area contributed by atoms with E-state index in [-0.39, 0.29) is 0 Å². The fraction of sp³-hybridized carbons (Fsp3) is 0.154. The monoisotopic (exact) mass is 330 g/mol. The first-order chi connectivity index (χ1) is 10.8. The van der Waals surface area contributed by atoms with Crippen molar-refractivity contribution in [3.05, 3.63) is 30.0 Å².